The van der Waals surface area contributed by atoms with Crippen molar-refractivity contribution in [2.75, 3.05) is 19.5 Å². The van der Waals surface area contributed by atoms with Crippen LogP contribution in [0.4, 0.5) is 10.5 Å². The molecule has 2 amide bonds. The van der Waals surface area contributed by atoms with Gasteiger partial charge in [-0.1, -0.05) is 0 Å². The number of ether oxygens (including phenoxy) is 2. The first-order chi connectivity index (χ1) is 12.5. The molecule has 3 N–H and O–H groups in total. The Morgan fingerprint density at radius 3 is 2.35 bits per heavy atom. The van der Waals surface area contributed by atoms with E-state index in [2.05, 4.69) is 10.4 Å². The van der Waals surface area contributed by atoms with Crippen molar-refractivity contribution >= 4 is 11.7 Å². The van der Waals surface area contributed by atoms with E-state index in [1.807, 2.05) is 48.0 Å². The second-order valence-electron chi connectivity index (χ2n) is 5.69. The minimum atomic E-state index is -0.598. The van der Waals surface area contributed by atoms with E-state index in [9.17, 15) is 4.79 Å². The lowest BCUT2D eigenvalue weighted by Gasteiger charge is -2.12. The molecule has 0 aliphatic heterocycles. The van der Waals surface area contributed by atoms with Crippen molar-refractivity contribution in [3.05, 3.63) is 54.2 Å². The first-order valence-corrected chi connectivity index (χ1v) is 7.98. The third-order valence-corrected chi connectivity index (χ3v) is 3.89. The zero-order valence-corrected chi connectivity index (χ0v) is 14.8. The molecular weight excluding hydrogens is 332 g/mol. The van der Waals surface area contributed by atoms with Crippen LogP contribution in [0.3, 0.4) is 0 Å². The van der Waals surface area contributed by atoms with Crippen molar-refractivity contribution in [3.63, 3.8) is 0 Å². The molecule has 0 fully saturated rings. The zero-order valence-electron chi connectivity index (χ0n) is 14.8. The normalized spacial score (nSPS) is 10.4. The molecule has 0 saturated heterocycles. The van der Waals surface area contributed by atoms with Gasteiger partial charge in [-0.3, -0.25) is 0 Å². The topological polar surface area (TPSA) is 91.4 Å². The monoisotopic (exact) mass is 352 g/mol. The average Bonchev–Trinajstić information content (AvgIpc) is 3.03. The van der Waals surface area contributed by atoms with Gasteiger partial charge in [-0.05, 0) is 55.5 Å². The maximum absolute atomic E-state index is 11.0. The molecule has 1 heterocycles. The smallest absolute Gasteiger partial charge is 0.316 e. The van der Waals surface area contributed by atoms with Crippen LogP contribution in [0.1, 0.15) is 5.69 Å². The molecule has 3 aromatic rings. The van der Waals surface area contributed by atoms with Crippen LogP contribution in [-0.2, 0) is 0 Å². The second-order valence-corrected chi connectivity index (χ2v) is 5.69. The number of nitrogens with zero attached hydrogens (tertiary/aromatic N) is 2. The van der Waals surface area contributed by atoms with E-state index in [0.717, 1.165) is 22.6 Å². The molecule has 0 saturated carbocycles. The molecule has 2 aromatic carbocycles. The molecule has 0 atom stereocenters. The Balaban J connectivity index is 2.02. The molecule has 0 spiro atoms. The summed E-state index contributed by atoms with van der Waals surface area (Å²) in [6.45, 7) is 1.93. The largest absolute Gasteiger partial charge is 0.493 e. The number of nitrogens with one attached hydrogen (secondary N) is 1. The van der Waals surface area contributed by atoms with Crippen LogP contribution in [0.15, 0.2) is 48.5 Å². The number of carbonyl (C=O) groups excluding carboxylic acids is 1. The van der Waals surface area contributed by atoms with Crippen molar-refractivity contribution < 1.29 is 14.3 Å². The second kappa shape index (κ2) is 7.18. The lowest BCUT2D eigenvalue weighted by molar-refractivity contribution is 0.259. The molecule has 7 nitrogen and oxygen atoms in total. The summed E-state index contributed by atoms with van der Waals surface area (Å²) >= 11 is 0. The fraction of sp³-hybridized carbons (Fsp3) is 0.158. The highest BCUT2D eigenvalue weighted by atomic mass is 16.5. The van der Waals surface area contributed by atoms with Gasteiger partial charge in [0.2, 0.25) is 0 Å². The molecule has 3 rings (SSSR count). The molecule has 134 valence electrons. The summed E-state index contributed by atoms with van der Waals surface area (Å²) in [7, 11) is 3.21. The van der Waals surface area contributed by atoms with Crippen LogP contribution >= 0.6 is 0 Å². The maximum atomic E-state index is 11.0. The van der Waals surface area contributed by atoms with E-state index in [-0.39, 0.29) is 0 Å². The van der Waals surface area contributed by atoms with Gasteiger partial charge in [-0.15, -0.1) is 0 Å². The predicted octanol–water partition coefficient (Wildman–Crippen LogP) is 3.36. The molecule has 1 aromatic heterocycles. The highest BCUT2D eigenvalue weighted by molar-refractivity contribution is 5.87. The van der Waals surface area contributed by atoms with Crippen LogP contribution in [0, 0.1) is 6.92 Å². The van der Waals surface area contributed by atoms with E-state index >= 15 is 0 Å². The number of hydrogen-bond donors (Lipinski definition) is 2. The van der Waals surface area contributed by atoms with Crippen molar-refractivity contribution in [1.29, 1.82) is 0 Å². The van der Waals surface area contributed by atoms with E-state index in [1.54, 1.807) is 26.4 Å². The summed E-state index contributed by atoms with van der Waals surface area (Å²) in [4.78, 5) is 11.0. The third-order valence-electron chi connectivity index (χ3n) is 3.89. The summed E-state index contributed by atoms with van der Waals surface area (Å²) < 4.78 is 12.5. The number of aryl methyl sites for hydroxylation is 1. The highest BCUT2D eigenvalue weighted by Crippen LogP contribution is 2.33. The maximum Gasteiger partial charge on any atom is 0.316 e. The van der Waals surface area contributed by atoms with E-state index in [4.69, 9.17) is 15.2 Å². The summed E-state index contributed by atoms with van der Waals surface area (Å²) in [6, 6.07) is 14.4. The van der Waals surface area contributed by atoms with Crippen LogP contribution < -0.4 is 20.5 Å². The molecule has 0 radical (unpaired) electrons. The Labute approximate surface area is 151 Å². The fourth-order valence-corrected chi connectivity index (χ4v) is 2.73. The molecule has 0 unspecified atom stereocenters. The van der Waals surface area contributed by atoms with Crippen LogP contribution in [-0.4, -0.2) is 30.0 Å². The molecular formula is C19H20N4O3. The average molecular weight is 352 g/mol. The van der Waals surface area contributed by atoms with Crippen molar-refractivity contribution in [2.45, 2.75) is 6.92 Å². The van der Waals surface area contributed by atoms with E-state index < -0.39 is 6.03 Å². The van der Waals surface area contributed by atoms with Crippen molar-refractivity contribution in [2.24, 2.45) is 5.73 Å². The number of nitrogens with two attached hydrogens (primary N) is 1. The lowest BCUT2D eigenvalue weighted by atomic mass is 10.1. The number of rotatable bonds is 5. The van der Waals surface area contributed by atoms with Gasteiger partial charge in [0.25, 0.3) is 0 Å². The number of benzene rings is 2. The van der Waals surface area contributed by atoms with Gasteiger partial charge in [0.1, 0.15) is 0 Å². The summed E-state index contributed by atoms with van der Waals surface area (Å²) in [5, 5.41) is 7.12. The van der Waals surface area contributed by atoms with E-state index in [0.29, 0.717) is 17.2 Å². The number of anilines is 1. The zero-order chi connectivity index (χ0) is 18.7. The number of carbonyl (C=O) groups is 1. The Kier molecular flexibility index (Phi) is 4.79. The summed E-state index contributed by atoms with van der Waals surface area (Å²) in [5.74, 6) is 1.32. The Hall–Kier alpha value is -3.48. The van der Waals surface area contributed by atoms with Gasteiger partial charge in [0, 0.05) is 11.3 Å². The number of hydrogen-bond acceptors (Lipinski definition) is 4. The lowest BCUT2D eigenvalue weighted by Crippen LogP contribution is -2.19. The summed E-state index contributed by atoms with van der Waals surface area (Å²) in [5.41, 5.74) is 9.37. The fourth-order valence-electron chi connectivity index (χ4n) is 2.73. The predicted molar refractivity (Wildman–Crippen MR) is 100 cm³/mol. The molecule has 7 heteroatoms. The number of aromatic nitrogens is 2. The Bertz CT molecular complexity index is 932. The quantitative estimate of drug-likeness (QED) is 0.736. The number of methoxy groups -OCH3 is 2. The number of urea groups is 1. The number of amides is 2. The Morgan fingerprint density at radius 1 is 1.04 bits per heavy atom. The molecule has 26 heavy (non-hydrogen) atoms. The van der Waals surface area contributed by atoms with Gasteiger partial charge in [-0.2, -0.15) is 5.10 Å². The van der Waals surface area contributed by atoms with Gasteiger partial charge >= 0.3 is 6.03 Å². The van der Waals surface area contributed by atoms with Crippen LogP contribution in [0.25, 0.3) is 16.9 Å². The minimum absolute atomic E-state index is 0.598. The van der Waals surface area contributed by atoms with Gasteiger partial charge in [0.15, 0.2) is 11.5 Å². The standard InChI is InChI=1S/C19H20N4O3/c1-12-10-16(13-4-9-17(25-2)18(11-13)26-3)23(22-12)15-7-5-14(6-8-15)21-19(20)24/h4-11H,1-3H3,(H3,20,21,24). The first-order valence-electron chi connectivity index (χ1n) is 7.98. The highest BCUT2D eigenvalue weighted by Gasteiger charge is 2.13. The Morgan fingerprint density at radius 2 is 1.73 bits per heavy atom. The van der Waals surface area contributed by atoms with Crippen molar-refractivity contribution in [1.82, 2.24) is 9.78 Å². The molecule has 0 bridgehead atoms. The summed E-state index contributed by atoms with van der Waals surface area (Å²) in [6.07, 6.45) is 0. The molecule has 0 aliphatic carbocycles. The van der Waals surface area contributed by atoms with Gasteiger partial charge < -0.3 is 20.5 Å². The van der Waals surface area contributed by atoms with E-state index in [1.165, 1.54) is 0 Å². The van der Waals surface area contributed by atoms with Crippen molar-refractivity contribution in [3.8, 4) is 28.4 Å². The third kappa shape index (κ3) is 3.46. The van der Waals surface area contributed by atoms with Gasteiger partial charge in [-0.25, -0.2) is 9.48 Å². The number of primary amides is 1. The van der Waals surface area contributed by atoms with Gasteiger partial charge in [0.05, 0.1) is 31.3 Å². The van der Waals surface area contributed by atoms with Crippen LogP contribution in [0.5, 0.6) is 11.5 Å². The van der Waals surface area contributed by atoms with Crippen LogP contribution in [0.2, 0.25) is 0 Å². The minimum Gasteiger partial charge on any atom is -0.493 e. The molecule has 0 aliphatic rings. The first kappa shape index (κ1) is 17.3. The SMILES string of the molecule is COc1ccc(-c2cc(C)nn2-c2ccc(NC(N)=O)cc2)cc1OC.